The van der Waals surface area contributed by atoms with Crippen LogP contribution in [0.15, 0.2) is 41.5 Å². The molecule has 166 valence electrons. The van der Waals surface area contributed by atoms with Crippen LogP contribution in [0.5, 0.6) is 5.75 Å². The van der Waals surface area contributed by atoms with Crippen LogP contribution in [0.1, 0.15) is 53.9 Å². The standard InChI is InChI=1S/C24H26N4O4/c1-3-10-32-23-9-5-16(12-22(23)28(30)31)14-25-27-24(29)17-6-8-21-19(13-17)18-11-15(2)4-7-20(18)26-21/h5-6,8-9,12-15,26H,3-4,7,10-11H2,1-2H3,(H,27,29)/b25-14-. The summed E-state index contributed by atoms with van der Waals surface area (Å²) in [6, 6.07) is 10.2. The molecule has 0 fully saturated rings. The van der Waals surface area contributed by atoms with E-state index in [9.17, 15) is 14.9 Å². The maximum atomic E-state index is 12.6. The third-order valence-corrected chi connectivity index (χ3v) is 5.72. The van der Waals surface area contributed by atoms with E-state index in [1.807, 2.05) is 19.1 Å². The topological polar surface area (TPSA) is 110 Å². The lowest BCUT2D eigenvalue weighted by Crippen LogP contribution is -2.17. The number of nitrogens with zero attached hydrogens (tertiary/aromatic N) is 2. The van der Waals surface area contributed by atoms with Crippen LogP contribution in [0.4, 0.5) is 5.69 Å². The van der Waals surface area contributed by atoms with Crippen molar-refractivity contribution in [1.29, 1.82) is 0 Å². The molecule has 1 heterocycles. The van der Waals surface area contributed by atoms with Gasteiger partial charge in [0.1, 0.15) is 0 Å². The number of carbonyl (C=O) groups excluding carboxylic acids is 1. The molecular formula is C24H26N4O4. The molecule has 0 aliphatic heterocycles. The Morgan fingerprint density at radius 1 is 1.34 bits per heavy atom. The first kappa shape index (κ1) is 21.5. The van der Waals surface area contributed by atoms with Crippen LogP contribution in [-0.4, -0.2) is 28.6 Å². The Kier molecular flexibility index (Phi) is 6.20. The van der Waals surface area contributed by atoms with Gasteiger partial charge in [0.25, 0.3) is 5.91 Å². The predicted molar refractivity (Wildman–Crippen MR) is 123 cm³/mol. The minimum absolute atomic E-state index is 0.134. The Balaban J connectivity index is 1.49. The maximum absolute atomic E-state index is 12.6. The van der Waals surface area contributed by atoms with Crippen molar-refractivity contribution < 1.29 is 14.5 Å². The molecule has 8 heteroatoms. The van der Waals surface area contributed by atoms with E-state index in [1.54, 1.807) is 18.2 Å². The lowest BCUT2D eigenvalue weighted by molar-refractivity contribution is -0.385. The van der Waals surface area contributed by atoms with Crippen LogP contribution < -0.4 is 10.2 Å². The van der Waals surface area contributed by atoms with Crippen LogP contribution in [-0.2, 0) is 12.8 Å². The number of carbonyl (C=O) groups is 1. The second-order valence-electron chi connectivity index (χ2n) is 8.22. The summed E-state index contributed by atoms with van der Waals surface area (Å²) in [4.78, 5) is 26.9. The Bertz CT molecular complexity index is 1200. The summed E-state index contributed by atoms with van der Waals surface area (Å²) in [5.41, 5.74) is 6.99. The van der Waals surface area contributed by atoms with Gasteiger partial charge in [-0.1, -0.05) is 13.8 Å². The van der Waals surface area contributed by atoms with Crippen molar-refractivity contribution >= 4 is 28.7 Å². The number of H-pyrrole nitrogens is 1. The quantitative estimate of drug-likeness (QED) is 0.317. The molecule has 4 rings (SSSR count). The van der Waals surface area contributed by atoms with Crippen LogP contribution in [0.3, 0.4) is 0 Å². The summed E-state index contributed by atoms with van der Waals surface area (Å²) >= 11 is 0. The monoisotopic (exact) mass is 434 g/mol. The Labute approximate surface area is 185 Å². The first-order chi connectivity index (χ1) is 15.5. The average molecular weight is 434 g/mol. The zero-order valence-corrected chi connectivity index (χ0v) is 18.2. The number of aromatic nitrogens is 1. The number of nitro groups is 1. The maximum Gasteiger partial charge on any atom is 0.311 e. The van der Waals surface area contributed by atoms with Gasteiger partial charge in [0.05, 0.1) is 17.7 Å². The van der Waals surface area contributed by atoms with Crippen LogP contribution in [0.2, 0.25) is 0 Å². The third-order valence-electron chi connectivity index (χ3n) is 5.72. The van der Waals surface area contributed by atoms with Gasteiger partial charge in [-0.05, 0) is 67.5 Å². The fraction of sp³-hybridized carbons (Fsp3) is 0.333. The molecule has 32 heavy (non-hydrogen) atoms. The summed E-state index contributed by atoms with van der Waals surface area (Å²) in [6.07, 6.45) is 5.35. The van der Waals surface area contributed by atoms with Gasteiger partial charge in [0.2, 0.25) is 0 Å². The Morgan fingerprint density at radius 3 is 2.97 bits per heavy atom. The number of hydrazone groups is 1. The highest BCUT2D eigenvalue weighted by Crippen LogP contribution is 2.32. The van der Waals surface area contributed by atoms with Crippen molar-refractivity contribution in [1.82, 2.24) is 10.4 Å². The number of aromatic amines is 1. The first-order valence-electron chi connectivity index (χ1n) is 10.8. The van der Waals surface area contributed by atoms with Gasteiger partial charge in [-0.25, -0.2) is 5.43 Å². The minimum atomic E-state index is -0.492. The van der Waals surface area contributed by atoms with Crippen molar-refractivity contribution in [3.8, 4) is 5.75 Å². The first-order valence-corrected chi connectivity index (χ1v) is 10.8. The second-order valence-corrected chi connectivity index (χ2v) is 8.22. The molecule has 1 aromatic heterocycles. The molecule has 2 aromatic carbocycles. The number of rotatable bonds is 7. The van der Waals surface area contributed by atoms with Gasteiger partial charge in [-0.15, -0.1) is 0 Å². The van der Waals surface area contributed by atoms with Crippen molar-refractivity contribution in [3.05, 3.63) is 68.9 Å². The van der Waals surface area contributed by atoms with Crippen LogP contribution in [0.25, 0.3) is 10.9 Å². The second kappa shape index (κ2) is 9.21. The van der Waals surface area contributed by atoms with E-state index in [0.29, 0.717) is 23.7 Å². The molecule has 1 aliphatic rings. The number of hydrogen-bond donors (Lipinski definition) is 2. The van der Waals surface area contributed by atoms with E-state index in [4.69, 9.17) is 4.74 Å². The largest absolute Gasteiger partial charge is 0.487 e. The molecule has 3 aromatic rings. The number of nitrogens with one attached hydrogen (secondary N) is 2. The molecule has 0 radical (unpaired) electrons. The number of aryl methyl sites for hydroxylation is 1. The van der Waals surface area contributed by atoms with Crippen LogP contribution >= 0.6 is 0 Å². The summed E-state index contributed by atoms with van der Waals surface area (Å²) in [5, 5.41) is 16.4. The number of benzene rings is 2. The van der Waals surface area contributed by atoms with Gasteiger partial charge >= 0.3 is 5.69 Å². The lowest BCUT2D eigenvalue weighted by Gasteiger charge is -2.18. The molecule has 1 aliphatic carbocycles. The molecule has 8 nitrogen and oxygen atoms in total. The zero-order chi connectivity index (χ0) is 22.7. The average Bonchev–Trinajstić information content (AvgIpc) is 3.15. The normalized spacial score (nSPS) is 15.6. The Hall–Kier alpha value is -3.68. The summed E-state index contributed by atoms with van der Waals surface area (Å²) in [5.74, 6) is 0.515. The van der Waals surface area contributed by atoms with E-state index >= 15 is 0 Å². The highest BCUT2D eigenvalue weighted by Gasteiger charge is 2.20. The molecule has 2 N–H and O–H groups in total. The zero-order valence-electron chi connectivity index (χ0n) is 18.2. The number of ether oxygens (including phenoxy) is 1. The highest BCUT2D eigenvalue weighted by molar-refractivity contribution is 5.99. The molecule has 0 bridgehead atoms. The number of amides is 1. The fourth-order valence-electron chi connectivity index (χ4n) is 4.05. The lowest BCUT2D eigenvalue weighted by atomic mass is 9.87. The Morgan fingerprint density at radius 2 is 2.19 bits per heavy atom. The fourth-order valence-corrected chi connectivity index (χ4v) is 4.05. The molecule has 0 spiro atoms. The molecule has 0 saturated carbocycles. The summed E-state index contributed by atoms with van der Waals surface area (Å²) in [6.45, 7) is 4.58. The molecule has 0 saturated heterocycles. The van der Waals surface area contributed by atoms with Gasteiger partial charge < -0.3 is 9.72 Å². The van der Waals surface area contributed by atoms with Gasteiger partial charge in [0, 0.05) is 33.8 Å². The number of nitro benzene ring substituents is 1. The van der Waals surface area contributed by atoms with E-state index in [0.717, 1.165) is 30.2 Å². The number of hydrogen-bond acceptors (Lipinski definition) is 5. The van der Waals surface area contributed by atoms with Crippen molar-refractivity contribution in [2.24, 2.45) is 11.0 Å². The van der Waals surface area contributed by atoms with Crippen molar-refractivity contribution in [2.75, 3.05) is 6.61 Å². The highest BCUT2D eigenvalue weighted by atomic mass is 16.6. The van der Waals surface area contributed by atoms with Crippen LogP contribution in [0, 0.1) is 16.0 Å². The third kappa shape index (κ3) is 4.49. The number of fused-ring (bicyclic) bond motifs is 3. The smallest absolute Gasteiger partial charge is 0.311 e. The molecular weight excluding hydrogens is 408 g/mol. The molecule has 1 amide bonds. The van der Waals surface area contributed by atoms with Gasteiger partial charge in [0.15, 0.2) is 5.75 Å². The minimum Gasteiger partial charge on any atom is -0.487 e. The van der Waals surface area contributed by atoms with E-state index in [-0.39, 0.29) is 17.3 Å². The summed E-state index contributed by atoms with van der Waals surface area (Å²) in [7, 11) is 0. The van der Waals surface area contributed by atoms with Crippen molar-refractivity contribution in [2.45, 2.75) is 39.5 Å². The molecule has 1 unspecified atom stereocenters. The SMILES string of the molecule is CCCOc1ccc(/C=N\NC(=O)c2ccc3[nH]c4c(c3c2)CC(C)CC4)cc1[N+](=O)[O-]. The molecule has 1 atom stereocenters. The van der Waals surface area contributed by atoms with Crippen molar-refractivity contribution in [3.63, 3.8) is 0 Å². The van der Waals surface area contributed by atoms with E-state index in [1.165, 1.54) is 30.0 Å². The van der Waals surface area contributed by atoms with E-state index in [2.05, 4.69) is 22.4 Å². The summed E-state index contributed by atoms with van der Waals surface area (Å²) < 4.78 is 5.42. The predicted octanol–water partition coefficient (Wildman–Crippen LogP) is 4.75. The van der Waals surface area contributed by atoms with Gasteiger partial charge in [-0.3, -0.25) is 14.9 Å². The van der Waals surface area contributed by atoms with E-state index < -0.39 is 4.92 Å². The van der Waals surface area contributed by atoms with Gasteiger partial charge in [-0.2, -0.15) is 5.10 Å².